The molecule has 0 atom stereocenters. The maximum absolute atomic E-state index is 14.6. The third kappa shape index (κ3) is 3.46. The molecule has 0 aliphatic carbocycles. The van der Waals surface area contributed by atoms with Crippen molar-refractivity contribution >= 4 is 10.8 Å². The first-order valence-electron chi connectivity index (χ1n) is 9.08. The van der Waals surface area contributed by atoms with Gasteiger partial charge >= 0.3 is 0 Å². The van der Waals surface area contributed by atoms with Gasteiger partial charge in [0.05, 0.1) is 0 Å². The molecule has 3 rings (SSSR count). The summed E-state index contributed by atoms with van der Waals surface area (Å²) in [5.41, 5.74) is 1.29. The number of hydrogen-bond donors (Lipinski definition) is 0. The number of benzene rings is 3. The second kappa shape index (κ2) is 6.42. The average molecular weight is 350 g/mol. The molecular formula is C24H27FO. The number of halogens is 1. The second-order valence-electron chi connectivity index (χ2n) is 8.87. The van der Waals surface area contributed by atoms with Crippen LogP contribution in [0.15, 0.2) is 54.6 Å². The Morgan fingerprint density at radius 1 is 0.654 bits per heavy atom. The lowest BCUT2D eigenvalue weighted by molar-refractivity contribution is 0.424. The highest BCUT2D eigenvalue weighted by Gasteiger charge is 2.26. The molecule has 0 spiro atoms. The van der Waals surface area contributed by atoms with E-state index in [-0.39, 0.29) is 16.6 Å². The Balaban J connectivity index is 2.22. The Bertz CT molecular complexity index is 943. The Labute approximate surface area is 155 Å². The summed E-state index contributed by atoms with van der Waals surface area (Å²) in [6.45, 7) is 12.5. The van der Waals surface area contributed by atoms with Gasteiger partial charge in [0.25, 0.3) is 0 Å². The van der Waals surface area contributed by atoms with E-state index < -0.39 is 0 Å². The van der Waals surface area contributed by atoms with Crippen molar-refractivity contribution in [2.75, 3.05) is 0 Å². The Morgan fingerprint density at radius 3 is 1.92 bits per heavy atom. The molecule has 3 aromatic rings. The first-order chi connectivity index (χ1) is 12.1. The van der Waals surface area contributed by atoms with Crippen LogP contribution in [-0.4, -0.2) is 0 Å². The summed E-state index contributed by atoms with van der Waals surface area (Å²) < 4.78 is 20.9. The van der Waals surface area contributed by atoms with Gasteiger partial charge in [0.1, 0.15) is 17.3 Å². The zero-order chi connectivity index (χ0) is 19.1. The first-order valence-corrected chi connectivity index (χ1v) is 9.08. The van der Waals surface area contributed by atoms with Crippen LogP contribution in [0, 0.1) is 5.82 Å². The smallest absolute Gasteiger partial charge is 0.134 e. The standard InChI is InChI=1S/C24H27FO/c1-23(2,3)21-17-11-8-7-10-16(17)14-15-20(21)26-19-13-9-12-18(25)22(19)24(4,5)6/h7-15H,1-6H3. The van der Waals surface area contributed by atoms with Crippen molar-refractivity contribution in [3.05, 3.63) is 71.5 Å². The van der Waals surface area contributed by atoms with Gasteiger partial charge in [0, 0.05) is 11.1 Å². The molecule has 26 heavy (non-hydrogen) atoms. The van der Waals surface area contributed by atoms with Crippen LogP contribution >= 0.6 is 0 Å². The van der Waals surface area contributed by atoms with Gasteiger partial charge in [0.2, 0.25) is 0 Å². The first kappa shape index (κ1) is 18.4. The average Bonchev–Trinajstić information content (AvgIpc) is 2.52. The highest BCUT2D eigenvalue weighted by molar-refractivity contribution is 5.89. The highest BCUT2D eigenvalue weighted by atomic mass is 19.1. The highest BCUT2D eigenvalue weighted by Crippen LogP contribution is 2.42. The van der Waals surface area contributed by atoms with E-state index in [0.29, 0.717) is 11.3 Å². The summed E-state index contributed by atoms with van der Waals surface area (Å²) in [6, 6.07) is 17.4. The molecule has 0 aliphatic rings. The van der Waals surface area contributed by atoms with Crippen molar-refractivity contribution in [3.63, 3.8) is 0 Å². The number of fused-ring (bicyclic) bond motifs is 1. The minimum absolute atomic E-state index is 0.106. The Kier molecular flexibility index (Phi) is 4.56. The van der Waals surface area contributed by atoms with Crippen molar-refractivity contribution in [2.45, 2.75) is 52.4 Å². The van der Waals surface area contributed by atoms with Crippen molar-refractivity contribution in [1.82, 2.24) is 0 Å². The molecule has 0 N–H and O–H groups in total. The van der Waals surface area contributed by atoms with Gasteiger partial charge in [-0.05, 0) is 39.8 Å². The molecule has 0 bridgehead atoms. The zero-order valence-electron chi connectivity index (χ0n) is 16.5. The van der Waals surface area contributed by atoms with Gasteiger partial charge in [-0.3, -0.25) is 0 Å². The zero-order valence-corrected chi connectivity index (χ0v) is 16.5. The van der Waals surface area contributed by atoms with Gasteiger partial charge in [-0.25, -0.2) is 4.39 Å². The van der Waals surface area contributed by atoms with Crippen molar-refractivity contribution in [3.8, 4) is 11.5 Å². The van der Waals surface area contributed by atoms with Gasteiger partial charge in [-0.2, -0.15) is 0 Å². The lowest BCUT2D eigenvalue weighted by Crippen LogP contribution is -2.16. The normalized spacial score (nSPS) is 12.4. The van der Waals surface area contributed by atoms with Gasteiger partial charge in [-0.1, -0.05) is 77.9 Å². The molecule has 0 saturated carbocycles. The largest absolute Gasteiger partial charge is 0.457 e. The van der Waals surface area contributed by atoms with Crippen molar-refractivity contribution in [2.24, 2.45) is 0 Å². The van der Waals surface area contributed by atoms with Gasteiger partial charge < -0.3 is 4.74 Å². The topological polar surface area (TPSA) is 9.23 Å². The molecule has 0 aromatic heterocycles. The number of hydrogen-bond acceptors (Lipinski definition) is 1. The minimum Gasteiger partial charge on any atom is -0.457 e. The van der Waals surface area contributed by atoms with E-state index in [1.165, 1.54) is 16.8 Å². The van der Waals surface area contributed by atoms with Crippen molar-refractivity contribution in [1.29, 1.82) is 0 Å². The van der Waals surface area contributed by atoms with E-state index in [1.807, 2.05) is 45.0 Å². The van der Waals surface area contributed by atoms with E-state index >= 15 is 0 Å². The Hall–Kier alpha value is -2.35. The van der Waals surface area contributed by atoms with Crippen LogP contribution in [0.3, 0.4) is 0 Å². The summed E-state index contributed by atoms with van der Waals surface area (Å²) in [4.78, 5) is 0. The lowest BCUT2D eigenvalue weighted by Gasteiger charge is -2.27. The second-order valence-corrected chi connectivity index (χ2v) is 8.87. The predicted molar refractivity (Wildman–Crippen MR) is 108 cm³/mol. The fourth-order valence-corrected chi connectivity index (χ4v) is 3.55. The van der Waals surface area contributed by atoms with Crippen LogP contribution in [-0.2, 0) is 10.8 Å². The third-order valence-corrected chi connectivity index (χ3v) is 4.59. The maximum atomic E-state index is 14.6. The van der Waals surface area contributed by atoms with Crippen LogP contribution in [0.5, 0.6) is 11.5 Å². The van der Waals surface area contributed by atoms with E-state index in [1.54, 1.807) is 6.07 Å². The molecule has 2 heteroatoms. The van der Waals surface area contributed by atoms with Crippen LogP contribution < -0.4 is 4.74 Å². The summed E-state index contributed by atoms with van der Waals surface area (Å²) >= 11 is 0. The van der Waals surface area contributed by atoms with E-state index in [9.17, 15) is 4.39 Å². The minimum atomic E-state index is -0.348. The van der Waals surface area contributed by atoms with Gasteiger partial charge in [0.15, 0.2) is 0 Å². The molecule has 0 unspecified atom stereocenters. The quantitative estimate of drug-likeness (QED) is 0.469. The monoisotopic (exact) mass is 350 g/mol. The number of ether oxygens (including phenoxy) is 1. The molecule has 136 valence electrons. The van der Waals surface area contributed by atoms with E-state index in [4.69, 9.17) is 4.74 Å². The van der Waals surface area contributed by atoms with E-state index in [2.05, 4.69) is 39.0 Å². The molecule has 0 amide bonds. The third-order valence-electron chi connectivity index (χ3n) is 4.59. The van der Waals surface area contributed by atoms with Crippen molar-refractivity contribution < 1.29 is 9.13 Å². The van der Waals surface area contributed by atoms with Crippen LogP contribution in [0.25, 0.3) is 10.8 Å². The van der Waals surface area contributed by atoms with Crippen LogP contribution in [0.4, 0.5) is 4.39 Å². The van der Waals surface area contributed by atoms with Crippen LogP contribution in [0.1, 0.15) is 52.7 Å². The lowest BCUT2D eigenvalue weighted by atomic mass is 9.82. The SMILES string of the molecule is CC(C)(C)c1c(F)cccc1Oc1ccc2ccccc2c1C(C)(C)C. The summed E-state index contributed by atoms with van der Waals surface area (Å²) in [5, 5.41) is 2.35. The molecule has 3 aromatic carbocycles. The molecule has 0 fully saturated rings. The Morgan fingerprint density at radius 2 is 1.27 bits per heavy atom. The molecule has 1 nitrogen and oxygen atoms in total. The summed E-state index contributed by atoms with van der Waals surface area (Å²) in [5.74, 6) is 1.14. The van der Waals surface area contributed by atoms with Gasteiger partial charge in [-0.15, -0.1) is 0 Å². The molecule has 0 radical (unpaired) electrons. The number of rotatable bonds is 2. The molecule has 0 heterocycles. The predicted octanol–water partition coefficient (Wildman–Crippen LogP) is 7.37. The summed E-state index contributed by atoms with van der Waals surface area (Å²) in [6.07, 6.45) is 0. The fraction of sp³-hybridized carbons (Fsp3) is 0.333. The molecular weight excluding hydrogens is 323 g/mol. The van der Waals surface area contributed by atoms with Crippen LogP contribution in [0.2, 0.25) is 0 Å². The molecule has 0 saturated heterocycles. The molecule has 0 aliphatic heterocycles. The maximum Gasteiger partial charge on any atom is 0.134 e. The van der Waals surface area contributed by atoms with E-state index in [0.717, 1.165) is 11.3 Å². The summed E-state index contributed by atoms with van der Waals surface area (Å²) in [7, 11) is 0. The fourth-order valence-electron chi connectivity index (χ4n) is 3.55.